The lowest BCUT2D eigenvalue weighted by Gasteiger charge is -2.22. The highest BCUT2D eigenvalue weighted by Crippen LogP contribution is 2.28. The summed E-state index contributed by atoms with van der Waals surface area (Å²) in [5, 5.41) is 3.69. The maximum Gasteiger partial charge on any atom is 0.133 e. The van der Waals surface area contributed by atoms with Gasteiger partial charge in [-0.05, 0) is 53.4 Å². The average Bonchev–Trinajstić information content (AvgIpc) is 2.37. The molecular formula is C15H24BrNO. The molecule has 0 spiro atoms. The summed E-state index contributed by atoms with van der Waals surface area (Å²) in [7, 11) is 1.69. The molecule has 0 saturated heterocycles. The molecular weight excluding hydrogens is 290 g/mol. The lowest BCUT2D eigenvalue weighted by Crippen LogP contribution is -2.30. The molecule has 0 amide bonds. The van der Waals surface area contributed by atoms with Gasteiger partial charge < -0.3 is 10.1 Å². The van der Waals surface area contributed by atoms with Crippen LogP contribution in [0.2, 0.25) is 0 Å². The van der Waals surface area contributed by atoms with Gasteiger partial charge in [0.05, 0.1) is 11.6 Å². The van der Waals surface area contributed by atoms with Crippen LogP contribution in [-0.2, 0) is 0 Å². The van der Waals surface area contributed by atoms with E-state index in [1.165, 1.54) is 24.8 Å². The zero-order valence-electron chi connectivity index (χ0n) is 11.8. The summed E-state index contributed by atoms with van der Waals surface area (Å²) in [5.41, 5.74) is 1.29. The Hall–Kier alpha value is -0.540. The van der Waals surface area contributed by atoms with Gasteiger partial charge in [-0.15, -0.1) is 0 Å². The number of rotatable bonds is 7. The molecule has 0 aliphatic carbocycles. The maximum atomic E-state index is 5.25. The average molecular weight is 314 g/mol. The van der Waals surface area contributed by atoms with Crippen molar-refractivity contribution in [2.24, 2.45) is 0 Å². The third kappa shape index (κ3) is 4.29. The fraction of sp³-hybridized carbons (Fsp3) is 0.600. The Labute approximate surface area is 119 Å². The van der Waals surface area contributed by atoms with Crippen LogP contribution in [0.25, 0.3) is 0 Å². The Bertz CT molecular complexity index is 368. The third-order valence-electron chi connectivity index (χ3n) is 3.29. The van der Waals surface area contributed by atoms with Crippen molar-refractivity contribution in [2.45, 2.75) is 52.1 Å². The molecule has 0 radical (unpaired) electrons. The van der Waals surface area contributed by atoms with Crippen LogP contribution in [0.4, 0.5) is 0 Å². The minimum Gasteiger partial charge on any atom is -0.496 e. The van der Waals surface area contributed by atoms with Crippen molar-refractivity contribution in [3.05, 3.63) is 28.2 Å². The number of nitrogens with one attached hydrogen (secondary N) is 1. The maximum absolute atomic E-state index is 5.25. The Balaban J connectivity index is 2.71. The predicted molar refractivity (Wildman–Crippen MR) is 81.2 cm³/mol. The van der Waals surface area contributed by atoms with E-state index in [4.69, 9.17) is 4.74 Å². The van der Waals surface area contributed by atoms with Crippen molar-refractivity contribution in [1.29, 1.82) is 0 Å². The fourth-order valence-corrected chi connectivity index (χ4v) is 2.71. The van der Waals surface area contributed by atoms with Gasteiger partial charge in [0.2, 0.25) is 0 Å². The minimum atomic E-state index is 0.365. The molecule has 3 heteroatoms. The van der Waals surface area contributed by atoms with Crippen molar-refractivity contribution in [3.63, 3.8) is 0 Å². The van der Waals surface area contributed by atoms with Crippen molar-refractivity contribution in [2.75, 3.05) is 7.11 Å². The van der Waals surface area contributed by atoms with Gasteiger partial charge in [0.15, 0.2) is 0 Å². The van der Waals surface area contributed by atoms with Crippen molar-refractivity contribution in [1.82, 2.24) is 5.32 Å². The van der Waals surface area contributed by atoms with E-state index < -0.39 is 0 Å². The first-order valence-electron chi connectivity index (χ1n) is 6.71. The van der Waals surface area contributed by atoms with E-state index in [-0.39, 0.29) is 0 Å². The molecule has 1 aromatic rings. The molecule has 2 atom stereocenters. The molecule has 1 rings (SSSR count). The van der Waals surface area contributed by atoms with Crippen molar-refractivity contribution >= 4 is 15.9 Å². The lowest BCUT2D eigenvalue weighted by atomic mass is 10.0. The van der Waals surface area contributed by atoms with Gasteiger partial charge >= 0.3 is 0 Å². The lowest BCUT2D eigenvalue weighted by molar-refractivity contribution is 0.408. The SMILES string of the molecule is CCCC(CC)NC(C)c1ccc(OC)c(Br)c1. The second-order valence-corrected chi connectivity index (χ2v) is 5.53. The van der Waals surface area contributed by atoms with Crippen LogP contribution >= 0.6 is 15.9 Å². The predicted octanol–water partition coefficient (Wildman–Crippen LogP) is 4.69. The Morgan fingerprint density at radius 2 is 2.06 bits per heavy atom. The molecule has 0 aromatic heterocycles. The summed E-state index contributed by atoms with van der Waals surface area (Å²) in [6.45, 7) is 6.69. The number of hydrogen-bond donors (Lipinski definition) is 1. The Kier molecular flexibility index (Phi) is 6.72. The molecule has 0 aliphatic heterocycles. The molecule has 1 aromatic carbocycles. The standard InChI is InChI=1S/C15H24BrNO/c1-5-7-13(6-2)17-11(3)12-8-9-15(18-4)14(16)10-12/h8-11,13,17H,5-7H2,1-4H3. The Morgan fingerprint density at radius 3 is 2.56 bits per heavy atom. The topological polar surface area (TPSA) is 21.3 Å². The Morgan fingerprint density at radius 1 is 1.33 bits per heavy atom. The summed E-state index contributed by atoms with van der Waals surface area (Å²) in [6.07, 6.45) is 3.64. The van der Waals surface area contributed by atoms with Crippen LogP contribution in [0.5, 0.6) is 5.75 Å². The first-order valence-corrected chi connectivity index (χ1v) is 7.51. The molecule has 0 heterocycles. The van der Waals surface area contributed by atoms with Gasteiger partial charge in [-0.1, -0.05) is 26.3 Å². The number of ether oxygens (including phenoxy) is 1. The monoisotopic (exact) mass is 313 g/mol. The first-order chi connectivity index (χ1) is 8.62. The molecule has 0 bridgehead atoms. The molecule has 102 valence electrons. The van der Waals surface area contributed by atoms with Crippen LogP contribution < -0.4 is 10.1 Å². The van der Waals surface area contributed by atoms with E-state index in [0.717, 1.165) is 10.2 Å². The fourth-order valence-electron chi connectivity index (χ4n) is 2.16. The van der Waals surface area contributed by atoms with Gasteiger partial charge in [-0.3, -0.25) is 0 Å². The number of halogens is 1. The highest BCUT2D eigenvalue weighted by atomic mass is 79.9. The van der Waals surface area contributed by atoms with Gasteiger partial charge in [0, 0.05) is 12.1 Å². The summed E-state index contributed by atoms with van der Waals surface area (Å²) in [5.74, 6) is 0.881. The van der Waals surface area contributed by atoms with Gasteiger partial charge in [0.25, 0.3) is 0 Å². The van der Waals surface area contributed by atoms with Crippen LogP contribution in [0.15, 0.2) is 22.7 Å². The molecule has 1 N–H and O–H groups in total. The van der Waals surface area contributed by atoms with E-state index in [1.807, 2.05) is 6.07 Å². The van der Waals surface area contributed by atoms with Gasteiger partial charge in [-0.2, -0.15) is 0 Å². The smallest absolute Gasteiger partial charge is 0.133 e. The molecule has 0 saturated carbocycles. The van der Waals surface area contributed by atoms with Crippen molar-refractivity contribution < 1.29 is 4.74 Å². The first kappa shape index (κ1) is 15.5. The quantitative estimate of drug-likeness (QED) is 0.788. The second kappa shape index (κ2) is 7.80. The van der Waals surface area contributed by atoms with Gasteiger partial charge in [0.1, 0.15) is 5.75 Å². The highest BCUT2D eigenvalue weighted by molar-refractivity contribution is 9.10. The molecule has 0 aliphatic rings. The largest absolute Gasteiger partial charge is 0.496 e. The third-order valence-corrected chi connectivity index (χ3v) is 3.91. The van der Waals surface area contributed by atoms with Crippen LogP contribution in [0, 0.1) is 0 Å². The van der Waals surface area contributed by atoms with Crippen LogP contribution in [0.1, 0.15) is 51.6 Å². The van der Waals surface area contributed by atoms with E-state index >= 15 is 0 Å². The van der Waals surface area contributed by atoms with Crippen LogP contribution in [0.3, 0.4) is 0 Å². The zero-order valence-corrected chi connectivity index (χ0v) is 13.4. The molecule has 2 unspecified atom stereocenters. The molecule has 2 nitrogen and oxygen atoms in total. The zero-order chi connectivity index (χ0) is 13.5. The van der Waals surface area contributed by atoms with E-state index in [0.29, 0.717) is 12.1 Å². The summed E-state index contributed by atoms with van der Waals surface area (Å²) >= 11 is 3.54. The molecule has 18 heavy (non-hydrogen) atoms. The number of hydrogen-bond acceptors (Lipinski definition) is 2. The minimum absolute atomic E-state index is 0.365. The summed E-state index contributed by atoms with van der Waals surface area (Å²) in [4.78, 5) is 0. The normalized spacial score (nSPS) is 14.3. The van der Waals surface area contributed by atoms with E-state index in [1.54, 1.807) is 7.11 Å². The van der Waals surface area contributed by atoms with Crippen molar-refractivity contribution in [3.8, 4) is 5.75 Å². The van der Waals surface area contributed by atoms with E-state index in [9.17, 15) is 0 Å². The van der Waals surface area contributed by atoms with E-state index in [2.05, 4.69) is 54.2 Å². The van der Waals surface area contributed by atoms with Gasteiger partial charge in [-0.25, -0.2) is 0 Å². The second-order valence-electron chi connectivity index (χ2n) is 4.68. The molecule has 0 fully saturated rings. The van der Waals surface area contributed by atoms with Crippen LogP contribution in [-0.4, -0.2) is 13.2 Å². The highest BCUT2D eigenvalue weighted by Gasteiger charge is 2.12. The summed E-state index contributed by atoms with van der Waals surface area (Å²) in [6, 6.07) is 7.24. The summed E-state index contributed by atoms with van der Waals surface area (Å²) < 4.78 is 6.27. The number of methoxy groups -OCH3 is 1. The number of benzene rings is 1.